The Balaban J connectivity index is 2.89. The number of rotatable bonds is 17. The van der Waals surface area contributed by atoms with Crippen molar-refractivity contribution in [2.75, 3.05) is 59.4 Å². The van der Waals surface area contributed by atoms with Crippen molar-refractivity contribution in [3.63, 3.8) is 0 Å². The molecule has 0 aromatic carbocycles. The van der Waals surface area contributed by atoms with Crippen molar-refractivity contribution >= 4 is 0 Å². The molecule has 0 bridgehead atoms. The molecule has 122 valence electrons. The lowest BCUT2D eigenvalue weighted by atomic mass is 10.3. The van der Waals surface area contributed by atoms with Crippen LogP contribution in [0.4, 0.5) is 0 Å². The molecule has 0 aliphatic rings. The highest BCUT2D eigenvalue weighted by molar-refractivity contribution is 4.44. The Bertz CT molecular complexity index is 156. The van der Waals surface area contributed by atoms with Crippen LogP contribution in [0.1, 0.15) is 32.1 Å². The monoisotopic (exact) mass is 291 g/mol. The highest BCUT2D eigenvalue weighted by atomic mass is 16.5. The van der Waals surface area contributed by atoms with Crippen molar-refractivity contribution in [1.82, 2.24) is 5.32 Å². The van der Waals surface area contributed by atoms with Gasteiger partial charge in [0.2, 0.25) is 0 Å². The number of nitrogens with two attached hydrogens (primary N) is 2. The summed E-state index contributed by atoms with van der Waals surface area (Å²) in [4.78, 5) is 0. The molecule has 0 fully saturated rings. The lowest BCUT2D eigenvalue weighted by molar-refractivity contribution is 0.0951. The summed E-state index contributed by atoms with van der Waals surface area (Å²) in [6.07, 6.45) is 4.98. The Morgan fingerprint density at radius 3 is 1.70 bits per heavy atom. The quantitative estimate of drug-likeness (QED) is 0.266. The van der Waals surface area contributed by atoms with Gasteiger partial charge in [-0.05, 0) is 51.7 Å². The number of unbranched alkanes of at least 4 members (excludes halogenated alkanes) is 1. The van der Waals surface area contributed by atoms with Gasteiger partial charge in [-0.3, -0.25) is 5.32 Å². The van der Waals surface area contributed by atoms with Crippen molar-refractivity contribution in [3.8, 4) is 0 Å². The van der Waals surface area contributed by atoms with E-state index in [1.165, 1.54) is 0 Å². The molecule has 20 heavy (non-hydrogen) atoms. The van der Waals surface area contributed by atoms with E-state index in [9.17, 15) is 0 Å². The maximum Gasteiger partial charge on any atom is 0.0965 e. The average Bonchev–Trinajstić information content (AvgIpc) is 2.47. The largest absolute Gasteiger partial charge is 0.381 e. The van der Waals surface area contributed by atoms with E-state index < -0.39 is 0 Å². The molecule has 6 nitrogen and oxygen atoms in total. The first kappa shape index (κ1) is 19.8. The molecule has 0 saturated carbocycles. The minimum Gasteiger partial charge on any atom is -0.381 e. The van der Waals surface area contributed by atoms with E-state index in [1.807, 2.05) is 0 Å². The zero-order valence-corrected chi connectivity index (χ0v) is 12.8. The van der Waals surface area contributed by atoms with E-state index in [-0.39, 0.29) is 0 Å². The second-order valence-corrected chi connectivity index (χ2v) is 4.62. The van der Waals surface area contributed by atoms with Gasteiger partial charge in [0.15, 0.2) is 0 Å². The summed E-state index contributed by atoms with van der Waals surface area (Å²) in [5, 5.41) is 3.20. The molecule has 0 aromatic heterocycles. The van der Waals surface area contributed by atoms with Crippen LogP contribution in [0.2, 0.25) is 0 Å². The summed E-state index contributed by atoms with van der Waals surface area (Å²) in [6, 6.07) is 0. The van der Waals surface area contributed by atoms with Crippen molar-refractivity contribution in [2.24, 2.45) is 11.5 Å². The maximum atomic E-state index is 5.53. The predicted molar refractivity (Wildman–Crippen MR) is 81.7 cm³/mol. The van der Waals surface area contributed by atoms with Crippen molar-refractivity contribution in [3.05, 3.63) is 0 Å². The van der Waals surface area contributed by atoms with Gasteiger partial charge in [-0.2, -0.15) is 0 Å². The molecule has 0 radical (unpaired) electrons. The average molecular weight is 291 g/mol. The minimum atomic E-state index is 0.597. The summed E-state index contributed by atoms with van der Waals surface area (Å²) in [5.74, 6) is 0. The van der Waals surface area contributed by atoms with Crippen LogP contribution >= 0.6 is 0 Å². The van der Waals surface area contributed by atoms with Gasteiger partial charge < -0.3 is 25.7 Å². The van der Waals surface area contributed by atoms with E-state index in [0.717, 1.165) is 71.7 Å². The fraction of sp³-hybridized carbons (Fsp3) is 1.00. The van der Waals surface area contributed by atoms with Gasteiger partial charge in [-0.15, -0.1) is 0 Å². The molecule has 0 atom stereocenters. The summed E-state index contributed by atoms with van der Waals surface area (Å²) >= 11 is 0. The summed E-state index contributed by atoms with van der Waals surface area (Å²) in [5.41, 5.74) is 10.7. The summed E-state index contributed by atoms with van der Waals surface area (Å²) < 4.78 is 16.3. The van der Waals surface area contributed by atoms with E-state index in [4.69, 9.17) is 25.7 Å². The SMILES string of the molecule is NCCCOCCCCOCCCNCOCCCN. The maximum absolute atomic E-state index is 5.53. The van der Waals surface area contributed by atoms with Crippen LogP contribution in [0, 0.1) is 0 Å². The summed E-state index contributed by atoms with van der Waals surface area (Å²) in [6.45, 7) is 6.83. The van der Waals surface area contributed by atoms with Crippen LogP contribution in [-0.4, -0.2) is 59.4 Å². The molecule has 0 amide bonds. The van der Waals surface area contributed by atoms with Gasteiger partial charge in [0, 0.05) is 33.0 Å². The normalized spacial score (nSPS) is 11.1. The van der Waals surface area contributed by atoms with E-state index in [2.05, 4.69) is 5.32 Å². The molecule has 0 aromatic rings. The van der Waals surface area contributed by atoms with Crippen molar-refractivity contribution in [2.45, 2.75) is 32.1 Å². The van der Waals surface area contributed by atoms with Crippen LogP contribution < -0.4 is 16.8 Å². The first-order valence-corrected chi connectivity index (χ1v) is 7.76. The van der Waals surface area contributed by atoms with Crippen LogP contribution in [0.15, 0.2) is 0 Å². The fourth-order valence-corrected chi connectivity index (χ4v) is 1.50. The Kier molecular flexibility index (Phi) is 18.5. The van der Waals surface area contributed by atoms with Crippen molar-refractivity contribution in [1.29, 1.82) is 0 Å². The van der Waals surface area contributed by atoms with Gasteiger partial charge in [0.05, 0.1) is 6.73 Å². The number of hydrogen-bond donors (Lipinski definition) is 3. The molecule has 0 spiro atoms. The molecule has 0 heterocycles. The molecule has 5 N–H and O–H groups in total. The van der Waals surface area contributed by atoms with Gasteiger partial charge in [0.1, 0.15) is 0 Å². The number of hydrogen-bond acceptors (Lipinski definition) is 6. The summed E-state index contributed by atoms with van der Waals surface area (Å²) in [7, 11) is 0. The lowest BCUT2D eigenvalue weighted by Crippen LogP contribution is -2.21. The Hall–Kier alpha value is -0.240. The molecular weight excluding hydrogens is 258 g/mol. The molecule has 0 aliphatic heterocycles. The van der Waals surface area contributed by atoms with Crippen molar-refractivity contribution < 1.29 is 14.2 Å². The van der Waals surface area contributed by atoms with E-state index >= 15 is 0 Å². The van der Waals surface area contributed by atoms with Crippen LogP contribution in [-0.2, 0) is 14.2 Å². The number of ether oxygens (including phenoxy) is 3. The van der Waals surface area contributed by atoms with Gasteiger partial charge in [0.25, 0.3) is 0 Å². The highest BCUT2D eigenvalue weighted by Gasteiger charge is 1.92. The second-order valence-electron chi connectivity index (χ2n) is 4.62. The lowest BCUT2D eigenvalue weighted by Gasteiger charge is -2.07. The van der Waals surface area contributed by atoms with E-state index in [1.54, 1.807) is 0 Å². The molecule has 0 unspecified atom stereocenters. The molecular formula is C14H33N3O3. The van der Waals surface area contributed by atoms with Gasteiger partial charge >= 0.3 is 0 Å². The zero-order chi connectivity index (χ0) is 14.7. The zero-order valence-electron chi connectivity index (χ0n) is 12.8. The molecule has 0 rings (SSSR count). The molecule has 0 aliphatic carbocycles. The predicted octanol–water partition coefficient (Wildman–Crippen LogP) is 0.451. The molecule has 0 saturated heterocycles. The smallest absolute Gasteiger partial charge is 0.0965 e. The number of nitrogens with one attached hydrogen (secondary N) is 1. The minimum absolute atomic E-state index is 0.597. The Labute approximate surface area is 123 Å². The third-order valence-electron chi connectivity index (χ3n) is 2.66. The Morgan fingerprint density at radius 1 is 0.600 bits per heavy atom. The highest BCUT2D eigenvalue weighted by Crippen LogP contribution is 1.93. The molecule has 6 heteroatoms. The van der Waals surface area contributed by atoms with Crippen LogP contribution in [0.5, 0.6) is 0 Å². The second kappa shape index (κ2) is 18.8. The van der Waals surface area contributed by atoms with Gasteiger partial charge in [-0.25, -0.2) is 0 Å². The fourth-order valence-electron chi connectivity index (χ4n) is 1.50. The van der Waals surface area contributed by atoms with E-state index in [0.29, 0.717) is 19.8 Å². The standard InChI is InChI=1S/C14H33N3O3/c15-6-3-11-18-9-1-2-10-19-13-5-8-17-14-20-12-4-7-16/h17H,1-16H2. The van der Waals surface area contributed by atoms with Crippen LogP contribution in [0.25, 0.3) is 0 Å². The third kappa shape index (κ3) is 17.8. The van der Waals surface area contributed by atoms with Crippen LogP contribution in [0.3, 0.4) is 0 Å². The first-order valence-electron chi connectivity index (χ1n) is 7.76. The first-order chi connectivity index (χ1) is 9.91. The Morgan fingerprint density at radius 2 is 1.10 bits per heavy atom. The third-order valence-corrected chi connectivity index (χ3v) is 2.66. The van der Waals surface area contributed by atoms with Gasteiger partial charge in [-0.1, -0.05) is 0 Å². The topological polar surface area (TPSA) is 91.8 Å².